The number of benzene rings is 2. The van der Waals surface area contributed by atoms with Crippen LogP contribution < -0.4 is 5.32 Å². The molecule has 1 atom stereocenters. The van der Waals surface area contributed by atoms with Crippen LogP contribution in [0.3, 0.4) is 0 Å². The summed E-state index contributed by atoms with van der Waals surface area (Å²) in [5, 5.41) is 3.19. The van der Waals surface area contributed by atoms with Crippen LogP contribution in [0.25, 0.3) is 0 Å². The van der Waals surface area contributed by atoms with E-state index in [1.54, 1.807) is 0 Å². The zero-order valence-corrected chi connectivity index (χ0v) is 16.7. The molecule has 1 unspecified atom stereocenters. The number of carbonyl (C=O) groups is 1. The van der Waals surface area contributed by atoms with Gasteiger partial charge in [-0.25, -0.2) is 0 Å². The summed E-state index contributed by atoms with van der Waals surface area (Å²) in [4.78, 5) is 15.8. The van der Waals surface area contributed by atoms with Crippen molar-refractivity contribution in [1.82, 2.24) is 10.2 Å². The highest BCUT2D eigenvalue weighted by atomic mass is 16.2. The SMILES string of the molecule is CCCN(CCC)CCC1CNC(=O)C1(c1ccccc1)c1ccccc1. The Labute approximate surface area is 163 Å². The Morgan fingerprint density at radius 3 is 1.89 bits per heavy atom. The van der Waals surface area contributed by atoms with E-state index < -0.39 is 5.41 Å². The van der Waals surface area contributed by atoms with E-state index in [4.69, 9.17) is 0 Å². The number of carbonyl (C=O) groups excluding carboxylic acids is 1. The molecule has 0 aliphatic carbocycles. The topological polar surface area (TPSA) is 32.3 Å². The molecule has 1 aliphatic heterocycles. The Morgan fingerprint density at radius 1 is 0.889 bits per heavy atom. The lowest BCUT2D eigenvalue weighted by Crippen LogP contribution is -2.42. The Balaban J connectivity index is 1.96. The fourth-order valence-corrected chi connectivity index (χ4v) is 4.62. The largest absolute Gasteiger partial charge is 0.355 e. The minimum absolute atomic E-state index is 0.141. The smallest absolute Gasteiger partial charge is 0.235 e. The van der Waals surface area contributed by atoms with Crippen LogP contribution in [0.5, 0.6) is 0 Å². The predicted octanol–water partition coefficient (Wildman–Crippen LogP) is 4.23. The maximum atomic E-state index is 13.3. The van der Waals surface area contributed by atoms with Crippen LogP contribution in [0.4, 0.5) is 0 Å². The Hall–Kier alpha value is -2.13. The van der Waals surface area contributed by atoms with Gasteiger partial charge in [0.05, 0.1) is 0 Å². The molecule has 144 valence electrons. The average molecular weight is 365 g/mol. The maximum Gasteiger partial charge on any atom is 0.235 e. The molecule has 1 aliphatic rings. The number of hydrogen-bond acceptors (Lipinski definition) is 2. The number of hydrogen-bond donors (Lipinski definition) is 1. The van der Waals surface area contributed by atoms with Gasteiger partial charge in [0.1, 0.15) is 5.41 Å². The first-order valence-corrected chi connectivity index (χ1v) is 10.3. The summed E-state index contributed by atoms with van der Waals surface area (Å²) in [6.45, 7) is 8.53. The van der Waals surface area contributed by atoms with Gasteiger partial charge in [-0.15, -0.1) is 0 Å². The summed E-state index contributed by atoms with van der Waals surface area (Å²) < 4.78 is 0. The summed E-state index contributed by atoms with van der Waals surface area (Å²) in [5.74, 6) is 0.397. The molecule has 3 heteroatoms. The van der Waals surface area contributed by atoms with Crippen molar-refractivity contribution in [2.45, 2.75) is 38.5 Å². The number of nitrogens with one attached hydrogen (secondary N) is 1. The Morgan fingerprint density at radius 2 is 1.41 bits per heavy atom. The molecule has 27 heavy (non-hydrogen) atoms. The predicted molar refractivity (Wildman–Crippen MR) is 112 cm³/mol. The molecule has 0 radical (unpaired) electrons. The van der Waals surface area contributed by atoms with Crippen LogP contribution in [0, 0.1) is 5.92 Å². The summed E-state index contributed by atoms with van der Waals surface area (Å²) in [6.07, 6.45) is 3.36. The van der Waals surface area contributed by atoms with E-state index in [1.165, 1.54) is 12.8 Å². The van der Waals surface area contributed by atoms with Gasteiger partial charge in [-0.1, -0.05) is 74.5 Å². The lowest BCUT2D eigenvalue weighted by atomic mass is 9.66. The molecule has 1 amide bonds. The second-order valence-electron chi connectivity index (χ2n) is 7.58. The first-order valence-electron chi connectivity index (χ1n) is 10.3. The minimum atomic E-state index is -0.591. The van der Waals surface area contributed by atoms with E-state index in [9.17, 15) is 4.79 Å². The Kier molecular flexibility index (Phi) is 6.68. The molecule has 0 bridgehead atoms. The van der Waals surface area contributed by atoms with E-state index >= 15 is 0 Å². The van der Waals surface area contributed by atoms with Crippen LogP contribution in [-0.4, -0.2) is 37.0 Å². The molecular formula is C24H32N2O. The summed E-state index contributed by atoms with van der Waals surface area (Å²) in [5.41, 5.74) is 1.62. The third-order valence-corrected chi connectivity index (χ3v) is 5.81. The Bertz CT molecular complexity index is 668. The van der Waals surface area contributed by atoms with Crippen LogP contribution in [0.1, 0.15) is 44.2 Å². The summed E-state index contributed by atoms with van der Waals surface area (Å²) >= 11 is 0. The first kappa shape index (κ1) is 19.6. The van der Waals surface area contributed by atoms with Crippen LogP contribution >= 0.6 is 0 Å². The monoisotopic (exact) mass is 364 g/mol. The summed E-state index contributed by atoms with van der Waals surface area (Å²) in [7, 11) is 0. The van der Waals surface area contributed by atoms with Gasteiger partial charge in [0.15, 0.2) is 0 Å². The van der Waals surface area contributed by atoms with Gasteiger partial charge in [0.2, 0.25) is 5.91 Å². The molecule has 1 fully saturated rings. The quantitative estimate of drug-likeness (QED) is 0.722. The van der Waals surface area contributed by atoms with Gasteiger partial charge >= 0.3 is 0 Å². The van der Waals surface area contributed by atoms with Gasteiger partial charge in [-0.05, 0) is 50.0 Å². The fraction of sp³-hybridized carbons (Fsp3) is 0.458. The highest BCUT2D eigenvalue weighted by Crippen LogP contribution is 2.44. The third-order valence-electron chi connectivity index (χ3n) is 5.81. The van der Waals surface area contributed by atoms with Crippen LogP contribution in [-0.2, 0) is 10.2 Å². The maximum absolute atomic E-state index is 13.3. The van der Waals surface area contributed by atoms with Gasteiger partial charge in [0.25, 0.3) is 0 Å². The van der Waals surface area contributed by atoms with Gasteiger partial charge < -0.3 is 10.2 Å². The standard InChI is InChI=1S/C24H32N2O/c1-3-16-26(17-4-2)18-15-22-19-25-23(27)24(22,20-11-7-5-8-12-20)21-13-9-6-10-14-21/h5-14,22H,3-4,15-19H2,1-2H3,(H,25,27). The molecule has 1 saturated heterocycles. The number of nitrogens with zero attached hydrogens (tertiary/aromatic N) is 1. The zero-order valence-electron chi connectivity index (χ0n) is 16.7. The van der Waals surface area contributed by atoms with Crippen molar-refractivity contribution in [3.63, 3.8) is 0 Å². The fourth-order valence-electron chi connectivity index (χ4n) is 4.62. The normalized spacial score (nSPS) is 18.6. The lowest BCUT2D eigenvalue weighted by Gasteiger charge is -2.35. The van der Waals surface area contributed by atoms with E-state index in [0.717, 1.165) is 43.7 Å². The highest BCUT2D eigenvalue weighted by Gasteiger charge is 2.52. The highest BCUT2D eigenvalue weighted by molar-refractivity contribution is 5.94. The van der Waals surface area contributed by atoms with Gasteiger partial charge in [-0.2, -0.15) is 0 Å². The molecule has 0 spiro atoms. The van der Waals surface area contributed by atoms with Crippen molar-refractivity contribution in [3.05, 3.63) is 71.8 Å². The van der Waals surface area contributed by atoms with Crippen molar-refractivity contribution < 1.29 is 4.79 Å². The molecule has 0 aromatic heterocycles. The second kappa shape index (κ2) is 9.18. The van der Waals surface area contributed by atoms with Crippen LogP contribution in [0.15, 0.2) is 60.7 Å². The van der Waals surface area contributed by atoms with Crippen molar-refractivity contribution >= 4 is 5.91 Å². The molecule has 3 rings (SSSR count). The van der Waals surface area contributed by atoms with E-state index in [2.05, 4.69) is 48.3 Å². The molecule has 0 saturated carbocycles. The van der Waals surface area contributed by atoms with Crippen molar-refractivity contribution in [1.29, 1.82) is 0 Å². The molecule has 1 N–H and O–H groups in total. The van der Waals surface area contributed by atoms with E-state index in [1.807, 2.05) is 36.4 Å². The number of amides is 1. The van der Waals surface area contributed by atoms with Crippen LogP contribution in [0.2, 0.25) is 0 Å². The second-order valence-corrected chi connectivity index (χ2v) is 7.58. The number of rotatable bonds is 9. The zero-order chi connectivity index (χ0) is 19.1. The molecule has 1 heterocycles. The van der Waals surface area contributed by atoms with Crippen molar-refractivity contribution in [3.8, 4) is 0 Å². The third kappa shape index (κ3) is 3.93. The van der Waals surface area contributed by atoms with E-state index in [-0.39, 0.29) is 11.8 Å². The van der Waals surface area contributed by atoms with Crippen molar-refractivity contribution in [2.75, 3.05) is 26.2 Å². The average Bonchev–Trinajstić information content (AvgIpc) is 3.05. The molecular weight excluding hydrogens is 332 g/mol. The molecule has 3 nitrogen and oxygen atoms in total. The lowest BCUT2D eigenvalue weighted by molar-refractivity contribution is -0.123. The van der Waals surface area contributed by atoms with Gasteiger partial charge in [0, 0.05) is 12.5 Å². The van der Waals surface area contributed by atoms with Gasteiger partial charge in [-0.3, -0.25) is 4.79 Å². The van der Waals surface area contributed by atoms with Crippen molar-refractivity contribution in [2.24, 2.45) is 5.92 Å². The molecule has 2 aromatic carbocycles. The van der Waals surface area contributed by atoms with E-state index in [0.29, 0.717) is 0 Å². The first-order chi connectivity index (χ1) is 13.2. The minimum Gasteiger partial charge on any atom is -0.355 e. The molecule has 2 aromatic rings. The summed E-state index contributed by atoms with van der Waals surface area (Å²) in [6, 6.07) is 20.7.